The van der Waals surface area contributed by atoms with E-state index in [0.717, 1.165) is 47.9 Å². The normalized spacial score (nSPS) is 12.4. The summed E-state index contributed by atoms with van der Waals surface area (Å²) >= 11 is 0. The lowest BCUT2D eigenvalue weighted by atomic mass is 9.98. The number of hydrogen-bond donors (Lipinski definition) is 3. The maximum absolute atomic E-state index is 14.4. The zero-order valence-electron chi connectivity index (χ0n) is 51.9. The summed E-state index contributed by atoms with van der Waals surface area (Å²) in [6.07, 6.45) is 45.0. The van der Waals surface area contributed by atoms with Gasteiger partial charge in [0.2, 0.25) is 11.8 Å². The Labute approximate surface area is 502 Å². The number of fused-ring (bicyclic) bond motifs is 3. The van der Waals surface area contributed by atoms with Crippen LogP contribution in [0.2, 0.25) is 0 Å². The van der Waals surface area contributed by atoms with Crippen molar-refractivity contribution in [1.29, 1.82) is 0 Å². The monoisotopic (exact) mass is 1150 g/mol. The Morgan fingerprint density at radius 1 is 0.506 bits per heavy atom. The molecule has 1 aliphatic rings. The van der Waals surface area contributed by atoms with Gasteiger partial charge in [0, 0.05) is 64.1 Å². The molecule has 0 fully saturated rings. The van der Waals surface area contributed by atoms with Crippen LogP contribution in [0, 0.1) is 0 Å². The van der Waals surface area contributed by atoms with Crippen LogP contribution in [0.15, 0.2) is 97.1 Å². The number of carbonyl (C=O) groups excluding carboxylic acids is 4. The van der Waals surface area contributed by atoms with E-state index in [0.29, 0.717) is 63.7 Å². The number of alkyl carbamates (subject to hydrolysis) is 1. The number of allylic oxidation sites excluding steroid dienone is 4. The lowest BCUT2D eigenvalue weighted by Gasteiger charge is -2.26. The number of hydrogen-bond acceptors (Lipinski definition) is 8. The summed E-state index contributed by atoms with van der Waals surface area (Å²) in [5, 5.41) is 8.41. The Kier molecular flexibility index (Phi) is 39.5. The van der Waals surface area contributed by atoms with Gasteiger partial charge in [0.15, 0.2) is 0 Å². The molecule has 3 N–H and O–H groups in total. The SMILES string of the molecule is CCCCCCCCC=CCCCCCCCCOCCCN(CCCOCCCCCCCCC=CCCCCCCCC)C(=O)C[C@@H](NC(=O)OCC1c2ccccc2-c2ccccc21)C(=O)NCCNC(=O)c1ccc(OC)cc1. The fourth-order valence-corrected chi connectivity index (χ4v) is 10.8. The fourth-order valence-electron chi connectivity index (χ4n) is 10.8. The standard InChI is InChI=1S/C71H110N4O8/c1-4-6-8-10-12-14-16-18-20-22-24-26-28-30-32-38-54-81-56-40-52-75(53-41-57-82-55-39-33-31-29-27-25-23-21-19-17-15-13-11-9-7-5-2)68(76)58-67(70(78)73-51-50-72-69(77)60-46-48-61(80-3)49-47-60)74-71(79)83-59-66-64-44-36-34-42-62(64)63-43-35-37-45-65(63)66/h18-21,34-37,42-49,66-67H,4-17,22-33,38-41,50-59H2,1-3H3,(H,72,77)(H,73,78)(H,74,79)/t67-/m1/s1. The average molecular weight is 1150 g/mol. The van der Waals surface area contributed by atoms with Crippen LogP contribution >= 0.6 is 0 Å². The smallest absolute Gasteiger partial charge is 0.407 e. The minimum absolute atomic E-state index is 0.0557. The molecule has 462 valence electrons. The highest BCUT2D eigenvalue weighted by Crippen LogP contribution is 2.44. The van der Waals surface area contributed by atoms with Gasteiger partial charge in [-0.1, -0.05) is 202 Å². The van der Waals surface area contributed by atoms with E-state index in [1.54, 1.807) is 36.3 Å². The number of benzene rings is 3. The Morgan fingerprint density at radius 3 is 1.40 bits per heavy atom. The molecular weight excluding hydrogens is 1040 g/mol. The van der Waals surface area contributed by atoms with Gasteiger partial charge in [-0.15, -0.1) is 0 Å². The predicted molar refractivity (Wildman–Crippen MR) is 341 cm³/mol. The van der Waals surface area contributed by atoms with Crippen molar-refractivity contribution < 1.29 is 38.1 Å². The largest absolute Gasteiger partial charge is 0.497 e. The number of nitrogens with one attached hydrogen (secondary N) is 3. The molecular formula is C71H110N4O8. The van der Waals surface area contributed by atoms with Gasteiger partial charge in [-0.2, -0.15) is 0 Å². The third-order valence-electron chi connectivity index (χ3n) is 15.8. The van der Waals surface area contributed by atoms with Gasteiger partial charge in [0.05, 0.1) is 13.5 Å². The van der Waals surface area contributed by atoms with E-state index in [1.807, 2.05) is 36.4 Å². The molecule has 1 aliphatic carbocycles. The number of unbranched alkanes of at least 4 members (excludes halogenated alkanes) is 24. The molecule has 3 aromatic rings. The molecule has 4 rings (SSSR count). The molecule has 0 radical (unpaired) electrons. The Balaban J connectivity index is 1.25. The summed E-state index contributed by atoms with van der Waals surface area (Å²) < 4.78 is 23.2. The molecule has 0 saturated carbocycles. The maximum atomic E-state index is 14.4. The topological polar surface area (TPSA) is 145 Å². The number of nitrogens with zero attached hydrogens (tertiary/aromatic N) is 1. The van der Waals surface area contributed by atoms with E-state index in [4.69, 9.17) is 18.9 Å². The number of carbonyl (C=O) groups is 4. The lowest BCUT2D eigenvalue weighted by Crippen LogP contribution is -2.51. The molecule has 0 heterocycles. The second kappa shape index (κ2) is 46.9. The lowest BCUT2D eigenvalue weighted by molar-refractivity contribution is -0.135. The van der Waals surface area contributed by atoms with E-state index in [-0.39, 0.29) is 43.8 Å². The summed E-state index contributed by atoms with van der Waals surface area (Å²) in [4.78, 5) is 56.7. The van der Waals surface area contributed by atoms with Gasteiger partial charge < -0.3 is 39.8 Å². The summed E-state index contributed by atoms with van der Waals surface area (Å²) in [6.45, 7) is 8.09. The molecule has 4 amide bonds. The van der Waals surface area contributed by atoms with Crippen LogP contribution in [0.25, 0.3) is 11.1 Å². The molecule has 0 bridgehead atoms. The minimum atomic E-state index is -1.23. The van der Waals surface area contributed by atoms with Crippen LogP contribution in [-0.2, 0) is 23.8 Å². The molecule has 12 nitrogen and oxygen atoms in total. The van der Waals surface area contributed by atoms with Gasteiger partial charge in [-0.3, -0.25) is 14.4 Å². The molecule has 3 aromatic carbocycles. The van der Waals surface area contributed by atoms with Crippen molar-refractivity contribution in [3.8, 4) is 16.9 Å². The van der Waals surface area contributed by atoms with Crippen LogP contribution in [0.5, 0.6) is 5.75 Å². The highest BCUT2D eigenvalue weighted by Gasteiger charge is 2.31. The first-order chi connectivity index (χ1) is 40.9. The maximum Gasteiger partial charge on any atom is 0.407 e. The highest BCUT2D eigenvalue weighted by molar-refractivity contribution is 5.94. The molecule has 1 atom stereocenters. The van der Waals surface area contributed by atoms with Gasteiger partial charge in [0.25, 0.3) is 5.91 Å². The summed E-state index contributed by atoms with van der Waals surface area (Å²) in [5.74, 6) is -0.667. The summed E-state index contributed by atoms with van der Waals surface area (Å²) in [6, 6.07) is 21.7. The van der Waals surface area contributed by atoms with Crippen molar-refractivity contribution in [2.45, 2.75) is 225 Å². The zero-order valence-corrected chi connectivity index (χ0v) is 51.9. The van der Waals surface area contributed by atoms with Gasteiger partial charge in [-0.05, 0) is 124 Å². The van der Waals surface area contributed by atoms with Crippen molar-refractivity contribution in [2.75, 3.05) is 66.3 Å². The van der Waals surface area contributed by atoms with Crippen molar-refractivity contribution in [2.24, 2.45) is 0 Å². The van der Waals surface area contributed by atoms with Gasteiger partial charge >= 0.3 is 6.09 Å². The minimum Gasteiger partial charge on any atom is -0.497 e. The first-order valence-electron chi connectivity index (χ1n) is 32.9. The predicted octanol–water partition coefficient (Wildman–Crippen LogP) is 16.6. The highest BCUT2D eigenvalue weighted by atomic mass is 16.5. The van der Waals surface area contributed by atoms with E-state index < -0.39 is 18.0 Å². The van der Waals surface area contributed by atoms with E-state index in [2.05, 4.69) is 66.2 Å². The molecule has 0 aliphatic heterocycles. The second-order valence-electron chi connectivity index (χ2n) is 22.7. The number of methoxy groups -OCH3 is 1. The molecule has 12 heteroatoms. The Hall–Kier alpha value is -5.46. The van der Waals surface area contributed by atoms with Gasteiger partial charge in [-0.25, -0.2) is 4.79 Å². The summed E-state index contributed by atoms with van der Waals surface area (Å²) in [7, 11) is 1.56. The fraction of sp³-hybridized carbons (Fsp3) is 0.634. The van der Waals surface area contributed by atoms with Crippen LogP contribution in [-0.4, -0.2) is 101 Å². The van der Waals surface area contributed by atoms with Crippen LogP contribution in [0.3, 0.4) is 0 Å². The number of rotatable bonds is 51. The third-order valence-corrected chi connectivity index (χ3v) is 15.8. The van der Waals surface area contributed by atoms with Crippen molar-refractivity contribution in [3.63, 3.8) is 0 Å². The Morgan fingerprint density at radius 2 is 0.928 bits per heavy atom. The van der Waals surface area contributed by atoms with Gasteiger partial charge in [0.1, 0.15) is 18.4 Å². The number of ether oxygens (including phenoxy) is 4. The Bertz CT molecular complexity index is 2140. The van der Waals surface area contributed by atoms with Crippen molar-refractivity contribution in [1.82, 2.24) is 20.9 Å². The quantitative estimate of drug-likeness (QED) is 0.0374. The molecule has 0 aromatic heterocycles. The average Bonchev–Trinajstić information content (AvgIpc) is 3.73. The molecule has 0 saturated heterocycles. The van der Waals surface area contributed by atoms with E-state index in [1.165, 1.54) is 154 Å². The van der Waals surface area contributed by atoms with E-state index >= 15 is 0 Å². The number of amides is 4. The van der Waals surface area contributed by atoms with Crippen LogP contribution in [0.1, 0.15) is 240 Å². The van der Waals surface area contributed by atoms with Crippen LogP contribution < -0.4 is 20.7 Å². The molecule has 0 spiro atoms. The molecule has 83 heavy (non-hydrogen) atoms. The van der Waals surface area contributed by atoms with E-state index in [9.17, 15) is 19.2 Å². The van der Waals surface area contributed by atoms with Crippen molar-refractivity contribution in [3.05, 3.63) is 114 Å². The summed E-state index contributed by atoms with van der Waals surface area (Å²) in [5.41, 5.74) is 4.79. The first-order valence-corrected chi connectivity index (χ1v) is 32.9. The van der Waals surface area contributed by atoms with Crippen LogP contribution in [0.4, 0.5) is 4.79 Å². The molecule has 0 unspecified atom stereocenters. The third kappa shape index (κ3) is 31.3. The zero-order chi connectivity index (χ0) is 59.1. The first kappa shape index (κ1) is 70.0. The second-order valence-corrected chi connectivity index (χ2v) is 22.7. The van der Waals surface area contributed by atoms with Crippen molar-refractivity contribution >= 4 is 23.8 Å².